The van der Waals surface area contributed by atoms with Crippen LogP contribution in [0, 0.1) is 11.8 Å². The lowest BCUT2D eigenvalue weighted by Crippen LogP contribution is -2.63. The predicted octanol–water partition coefficient (Wildman–Crippen LogP) is -10.3. The molecule has 52 nitrogen and oxygen atoms in total. The van der Waals surface area contributed by atoms with Crippen molar-refractivity contribution < 1.29 is 146 Å². The van der Waals surface area contributed by atoms with Crippen LogP contribution in [0.1, 0.15) is 161 Å². The maximum absolute atomic E-state index is 14.7. The molecule has 1 fully saturated rings. The first-order valence-corrected chi connectivity index (χ1v) is 43.8. The molecule has 34 N–H and O–H groups in total. The number of likely N-dealkylation sites (tertiary alicyclic amines) is 1. The largest absolute Gasteiger partial charge is 0.508 e. The topological polar surface area (TPSA) is 874 Å². The highest BCUT2D eigenvalue weighted by atomic mass is 16.4. The van der Waals surface area contributed by atoms with Gasteiger partial charge in [0, 0.05) is 32.2 Å². The fourth-order valence-corrected chi connectivity index (χ4v) is 13.8. The Morgan fingerprint density at radius 3 is 1.25 bits per heavy atom. The number of carbonyl (C=O) groups excluding carboxylic acids is 19. The van der Waals surface area contributed by atoms with Crippen molar-refractivity contribution in [2.45, 2.75) is 260 Å². The summed E-state index contributed by atoms with van der Waals surface area (Å²) in [5.74, 6) is -30.2. The number of aliphatic carboxylic acids is 4. The highest BCUT2D eigenvalue weighted by Gasteiger charge is 2.43. The van der Waals surface area contributed by atoms with E-state index in [4.69, 9.17) is 39.5 Å². The molecule has 0 aromatic heterocycles. The van der Waals surface area contributed by atoms with Gasteiger partial charge in [0.1, 0.15) is 96.9 Å². The van der Waals surface area contributed by atoms with E-state index in [1.807, 2.05) is 16.0 Å². The number of aliphatic hydroxyl groups excluding tert-OH is 2. The van der Waals surface area contributed by atoms with Gasteiger partial charge in [0.25, 0.3) is 0 Å². The summed E-state index contributed by atoms with van der Waals surface area (Å²) in [6, 6.07) is -14.0. The molecule has 19 amide bonds. The molecule has 3 rings (SSSR count). The number of hydrogen-bond donors (Lipinski definition) is 28. The molecule has 1 aliphatic heterocycles. The van der Waals surface area contributed by atoms with Crippen molar-refractivity contribution in [2.24, 2.45) is 46.2 Å². The van der Waals surface area contributed by atoms with Crippen molar-refractivity contribution in [2.75, 3.05) is 39.3 Å². The zero-order valence-corrected chi connectivity index (χ0v) is 75.9. The molecule has 0 aliphatic carbocycles. The van der Waals surface area contributed by atoms with E-state index < -0.39 is 310 Å². The second kappa shape index (κ2) is 59.5. The smallest absolute Gasteiger partial charge is 0.322 e. The number of benzene rings is 2. The fourth-order valence-electron chi connectivity index (χ4n) is 13.8. The molecule has 0 unspecified atom stereocenters. The van der Waals surface area contributed by atoms with Crippen molar-refractivity contribution in [3.8, 4) is 5.75 Å². The van der Waals surface area contributed by atoms with Crippen molar-refractivity contribution in [1.29, 1.82) is 0 Å². The Balaban J connectivity index is 1.92. The summed E-state index contributed by atoms with van der Waals surface area (Å²) in [4.78, 5) is 311. The predicted molar refractivity (Wildman–Crippen MR) is 474 cm³/mol. The summed E-state index contributed by atoms with van der Waals surface area (Å²) >= 11 is 0. The molecule has 136 heavy (non-hydrogen) atoms. The van der Waals surface area contributed by atoms with Gasteiger partial charge in [0.15, 0.2) is 0 Å². The van der Waals surface area contributed by atoms with E-state index in [0.717, 1.165) is 19.1 Å². The molecule has 2 aromatic carbocycles. The first-order chi connectivity index (χ1) is 64.0. The Labute approximate surface area is 780 Å². The number of nitrogens with zero attached hydrogens (tertiary/aromatic N) is 1. The molecule has 0 radical (unpaired) electrons. The third-order valence-electron chi connectivity index (χ3n) is 21.2. The zero-order valence-electron chi connectivity index (χ0n) is 75.9. The lowest BCUT2D eigenvalue weighted by atomic mass is 9.96. The van der Waals surface area contributed by atoms with Gasteiger partial charge in [-0.15, -0.1) is 0 Å². The SMILES string of the molecule is CC[C@H](C)[C@H](NC(=O)[C@@H](N)CCC(=O)O)C(=O)N[C@@H](CC(C)C)C(=O)N1CCC[C@H]1C(=O)NCC(=O)N[C@@H](CO)C(=O)N[C@@H](CC(=O)O)C(=O)N[C@@H](CC(N)=O)C(=O)N[C@H](C(=O)N[C@@H](CC(N)=O)C(=O)N[C@@H](Cc1ccc(O)cc1)C(=O)N[C@@H](CC(N)=O)C(=O)N[C@@H](CCC(=O)O)C(=O)N[C@@H](CCCCN)C(=O)N[C@@H](Cc1ccccc1)C(=O)N[C@@H](CCCCN)C(=O)NCC(=O)O)[C@@H](C)O. The van der Waals surface area contributed by atoms with Gasteiger partial charge in [-0.1, -0.05) is 76.6 Å². The summed E-state index contributed by atoms with van der Waals surface area (Å²) in [7, 11) is 0. The molecular formula is C84H128N22O30. The second-order valence-corrected chi connectivity index (χ2v) is 32.9. The number of aliphatic hydroxyl groups is 2. The number of nitrogens with two attached hydrogens (primary N) is 6. The number of phenolic OH excluding ortho intramolecular Hbond substituents is 1. The van der Waals surface area contributed by atoms with Crippen molar-refractivity contribution in [3.63, 3.8) is 0 Å². The summed E-state index contributed by atoms with van der Waals surface area (Å²) < 4.78 is 0. The molecule has 754 valence electrons. The monoisotopic (exact) mass is 1920 g/mol. The Morgan fingerprint density at radius 1 is 0.412 bits per heavy atom. The highest BCUT2D eigenvalue weighted by Crippen LogP contribution is 2.23. The number of nitrogens with one attached hydrogen (secondary N) is 15. The van der Waals surface area contributed by atoms with Gasteiger partial charge in [-0.3, -0.25) is 110 Å². The van der Waals surface area contributed by atoms with E-state index in [1.54, 1.807) is 58.0 Å². The van der Waals surface area contributed by atoms with E-state index in [0.29, 0.717) is 18.4 Å². The second-order valence-electron chi connectivity index (χ2n) is 32.9. The number of carboxylic acid groups (broad SMARTS) is 4. The van der Waals surface area contributed by atoms with Crippen LogP contribution in [0.2, 0.25) is 0 Å². The van der Waals surface area contributed by atoms with Crippen LogP contribution >= 0.6 is 0 Å². The highest BCUT2D eigenvalue weighted by molar-refractivity contribution is 6.03. The van der Waals surface area contributed by atoms with Crippen LogP contribution in [-0.2, 0) is 123 Å². The van der Waals surface area contributed by atoms with Gasteiger partial charge in [0.05, 0.1) is 51.0 Å². The standard InChI is InChI=1S/C84H128N22O30/c1-6-42(4)68(104-70(122)47(87)24-26-64(114)115)82(134)103-57(31-41(2)3)84(136)106-30-14-19-59(106)81(133)91-38-63(113)93-58(40-107)80(132)101-56(37-66(118)119)78(130)100-55(36-62(90)112)79(131)105-69(43(5)108)83(135)102-54(35-61(89)111)77(129)98-52(33-45-20-22-46(109)23-21-45)75(127)99-53(34-60(88)110)76(128)96-50(25-27-65(116)117)73(125)95-49(18-11-13-29-86)72(124)97-51(32-44-15-8-7-9-16-44)74(126)94-48(17-10-12-28-85)71(123)92-39-67(120)121/h7-9,15-16,20-23,41-43,47-59,68-69,107-109H,6,10-14,17-19,24-40,85-87H2,1-5H3,(H2,88,110)(H2,89,111)(H2,90,112)(H,91,133)(H,92,123)(H,93,113)(H,94,126)(H,95,125)(H,96,128)(H,97,124)(H,98,129)(H,99,127)(H,100,130)(H,101,132)(H,102,135)(H,103,134)(H,104,122)(H,105,131)(H,114,115)(H,116,117)(H,118,119)(H,120,121)/t42-,43+,47-,48-,49-,50-,51-,52-,53-,54-,55-,56-,57-,58-,59-,68-,69-/m0/s1. The number of amides is 19. The minimum absolute atomic E-state index is 0.000364. The van der Waals surface area contributed by atoms with Crippen LogP contribution in [0.4, 0.5) is 0 Å². The number of rotatable bonds is 64. The molecule has 1 aliphatic rings. The number of unbranched alkanes of at least 4 members (excludes halogenated alkanes) is 2. The number of carboxylic acids is 4. The molecule has 1 heterocycles. The van der Waals surface area contributed by atoms with Crippen LogP contribution in [0.15, 0.2) is 54.6 Å². The Kier molecular flexibility index (Phi) is 50.7. The van der Waals surface area contributed by atoms with E-state index >= 15 is 0 Å². The van der Waals surface area contributed by atoms with Crippen LogP contribution < -0.4 is 114 Å². The fraction of sp³-hybridized carbons (Fsp3) is 0.583. The van der Waals surface area contributed by atoms with E-state index in [9.17, 15) is 141 Å². The molecule has 17 atom stereocenters. The van der Waals surface area contributed by atoms with Gasteiger partial charge >= 0.3 is 23.9 Å². The molecule has 0 spiro atoms. The van der Waals surface area contributed by atoms with Gasteiger partial charge in [-0.05, 0) is 126 Å². The van der Waals surface area contributed by atoms with E-state index in [2.05, 4.69) is 63.8 Å². The number of carbonyl (C=O) groups is 23. The van der Waals surface area contributed by atoms with Gasteiger partial charge < -0.3 is 155 Å². The number of primary amides is 3. The van der Waals surface area contributed by atoms with E-state index in [1.165, 1.54) is 17.0 Å². The van der Waals surface area contributed by atoms with Crippen LogP contribution in [-0.4, -0.2) is 313 Å². The Hall–Kier alpha value is -14.1. The molecule has 0 bridgehead atoms. The third kappa shape index (κ3) is 42.4. The minimum Gasteiger partial charge on any atom is -0.508 e. The van der Waals surface area contributed by atoms with Gasteiger partial charge in [-0.25, -0.2) is 0 Å². The zero-order chi connectivity index (χ0) is 102. The normalized spacial score (nSPS) is 15.7. The minimum atomic E-state index is -2.31. The lowest BCUT2D eigenvalue weighted by Gasteiger charge is -2.31. The average Bonchev–Trinajstić information content (AvgIpc) is 1.67. The molecule has 2 aromatic rings. The summed E-state index contributed by atoms with van der Waals surface area (Å²) in [5, 5.41) is 104. The summed E-state index contributed by atoms with van der Waals surface area (Å²) in [6.45, 7) is 4.99. The maximum atomic E-state index is 14.7. The van der Waals surface area contributed by atoms with Crippen LogP contribution in [0.5, 0.6) is 5.75 Å². The average molecular weight is 1930 g/mol. The summed E-state index contributed by atoms with van der Waals surface area (Å²) in [6.07, 6.45) is -8.62. The number of aromatic hydroxyl groups is 1. The molecule has 1 saturated heterocycles. The van der Waals surface area contributed by atoms with Crippen molar-refractivity contribution >= 4 is 136 Å². The third-order valence-corrected chi connectivity index (χ3v) is 21.2. The van der Waals surface area contributed by atoms with Gasteiger partial charge in [-0.2, -0.15) is 0 Å². The number of phenols is 1. The molecule has 0 saturated carbocycles. The number of hydrogen-bond acceptors (Lipinski definition) is 29. The quantitative estimate of drug-likeness (QED) is 0.0274. The molecule has 52 heteroatoms. The van der Waals surface area contributed by atoms with Crippen LogP contribution in [0.3, 0.4) is 0 Å². The van der Waals surface area contributed by atoms with Crippen molar-refractivity contribution in [3.05, 3.63) is 65.7 Å². The van der Waals surface area contributed by atoms with Crippen molar-refractivity contribution in [1.82, 2.24) is 84.7 Å². The summed E-state index contributed by atoms with van der Waals surface area (Å²) in [5.41, 5.74) is 34.4. The first kappa shape index (κ1) is 116. The maximum Gasteiger partial charge on any atom is 0.322 e. The van der Waals surface area contributed by atoms with Gasteiger partial charge in [0.2, 0.25) is 112 Å². The molecular weight excluding hydrogens is 1800 g/mol. The lowest BCUT2D eigenvalue weighted by molar-refractivity contribution is -0.143. The van der Waals surface area contributed by atoms with Crippen LogP contribution in [0.25, 0.3) is 0 Å². The Morgan fingerprint density at radius 2 is 0.809 bits per heavy atom. The Bertz CT molecular complexity index is 4510. The van der Waals surface area contributed by atoms with E-state index in [-0.39, 0.29) is 101 Å². The first-order valence-electron chi connectivity index (χ1n) is 43.8.